The Hall–Kier alpha value is -3.08. The van der Waals surface area contributed by atoms with E-state index < -0.39 is 45.2 Å². The van der Waals surface area contributed by atoms with Gasteiger partial charge >= 0.3 is 5.97 Å². The molecule has 0 spiro atoms. The van der Waals surface area contributed by atoms with Crippen molar-refractivity contribution in [3.8, 4) is 0 Å². The number of likely N-dealkylation sites (N-methyl/N-ethyl adjacent to an activating group) is 1. The molecule has 0 aliphatic carbocycles. The number of allylic oxidation sites excluding steroid dienone is 1. The van der Waals surface area contributed by atoms with Crippen molar-refractivity contribution in [2.24, 2.45) is 0 Å². The van der Waals surface area contributed by atoms with E-state index in [4.69, 9.17) is 9.47 Å². The summed E-state index contributed by atoms with van der Waals surface area (Å²) in [6.07, 6.45) is 1.42. The molecule has 0 saturated carbocycles. The predicted octanol–water partition coefficient (Wildman–Crippen LogP) is 2.88. The number of anilines is 1. The average molecular weight is 503 g/mol. The molecule has 1 saturated heterocycles. The lowest BCUT2D eigenvalue weighted by molar-refractivity contribution is -0.117. The van der Waals surface area contributed by atoms with Crippen molar-refractivity contribution in [3.05, 3.63) is 71.2 Å². The molecular formula is C25H27FN2O6S. The van der Waals surface area contributed by atoms with Crippen molar-refractivity contribution in [3.63, 3.8) is 0 Å². The second-order valence-electron chi connectivity index (χ2n) is 8.93. The molecule has 4 rings (SSSR count). The monoisotopic (exact) mass is 502 g/mol. The summed E-state index contributed by atoms with van der Waals surface area (Å²) in [5.74, 6) is -2.52. The highest BCUT2D eigenvalue weighted by Gasteiger charge is 2.38. The van der Waals surface area contributed by atoms with Crippen LogP contribution >= 0.6 is 0 Å². The van der Waals surface area contributed by atoms with Gasteiger partial charge in [-0.05, 0) is 29.8 Å². The Labute approximate surface area is 204 Å². The summed E-state index contributed by atoms with van der Waals surface area (Å²) in [4.78, 5) is 26.9. The molecule has 0 atom stereocenters. The van der Waals surface area contributed by atoms with Crippen LogP contribution in [0.1, 0.15) is 29.8 Å². The van der Waals surface area contributed by atoms with Crippen LogP contribution in [0.15, 0.2) is 59.1 Å². The molecular weight excluding hydrogens is 475 g/mol. The van der Waals surface area contributed by atoms with Crippen LogP contribution in [0.2, 0.25) is 0 Å². The molecule has 10 heteroatoms. The number of halogens is 1. The number of ether oxygens (including phenoxy) is 2. The smallest absolute Gasteiger partial charge is 0.341 e. The average Bonchev–Trinajstić information content (AvgIpc) is 3.04. The number of nitrogens with zero attached hydrogens (tertiary/aromatic N) is 2. The van der Waals surface area contributed by atoms with Crippen LogP contribution in [0.5, 0.6) is 0 Å². The van der Waals surface area contributed by atoms with Crippen LogP contribution in [-0.2, 0) is 29.7 Å². The van der Waals surface area contributed by atoms with Gasteiger partial charge in [0.1, 0.15) is 5.82 Å². The molecule has 0 bridgehead atoms. The maximum Gasteiger partial charge on any atom is 0.341 e. The number of sulfonamides is 1. The fraction of sp³-hybridized carbons (Fsp3) is 0.360. The number of morpholine rings is 1. The van der Waals surface area contributed by atoms with Gasteiger partial charge in [0.05, 0.1) is 23.7 Å². The van der Waals surface area contributed by atoms with E-state index in [9.17, 15) is 22.4 Å². The van der Waals surface area contributed by atoms with Crippen molar-refractivity contribution < 1.29 is 31.9 Å². The van der Waals surface area contributed by atoms with E-state index in [0.717, 1.165) is 35.1 Å². The summed E-state index contributed by atoms with van der Waals surface area (Å²) in [5, 5.41) is 0. The van der Waals surface area contributed by atoms with Gasteiger partial charge in [-0.2, -0.15) is 4.31 Å². The quantitative estimate of drug-likeness (QED) is 0.443. The lowest BCUT2D eigenvalue weighted by Crippen LogP contribution is -2.40. The third kappa shape index (κ3) is 4.73. The molecule has 2 heterocycles. The number of carbonyl (C=O) groups is 2. The molecule has 186 valence electrons. The van der Waals surface area contributed by atoms with E-state index in [-0.39, 0.29) is 31.2 Å². The minimum atomic E-state index is -3.93. The first-order valence-electron chi connectivity index (χ1n) is 11.2. The molecule has 1 fully saturated rings. The van der Waals surface area contributed by atoms with E-state index >= 15 is 0 Å². The molecule has 0 unspecified atom stereocenters. The summed E-state index contributed by atoms with van der Waals surface area (Å²) in [7, 11) is -2.07. The molecule has 2 aliphatic heterocycles. The molecule has 0 amide bonds. The highest BCUT2D eigenvalue weighted by Crippen LogP contribution is 2.46. The number of benzene rings is 2. The molecule has 0 radical (unpaired) electrons. The summed E-state index contributed by atoms with van der Waals surface area (Å²) >= 11 is 0. The zero-order valence-electron chi connectivity index (χ0n) is 19.8. The van der Waals surface area contributed by atoms with Gasteiger partial charge in [-0.25, -0.2) is 17.6 Å². The van der Waals surface area contributed by atoms with Crippen LogP contribution in [0, 0.1) is 5.82 Å². The predicted molar refractivity (Wildman–Crippen MR) is 127 cm³/mol. The Morgan fingerprint density at radius 3 is 2.51 bits per heavy atom. The third-order valence-corrected chi connectivity index (χ3v) is 8.24. The fourth-order valence-electron chi connectivity index (χ4n) is 4.42. The Balaban J connectivity index is 1.48. The summed E-state index contributed by atoms with van der Waals surface area (Å²) in [5.41, 5.74) is 1.81. The molecule has 35 heavy (non-hydrogen) atoms. The van der Waals surface area contributed by atoms with Crippen LogP contribution in [0.25, 0.3) is 0 Å². The number of fused-ring (bicyclic) bond motifs is 1. The minimum absolute atomic E-state index is 0.164. The molecule has 2 aliphatic rings. The SMILES string of the molecule is CN1C(=CC(=O)COC(=O)c2cc(S(=O)(=O)N3CCOCC3)ccc2F)C(C)(C)c2ccccc21. The van der Waals surface area contributed by atoms with Crippen molar-refractivity contribution in [2.75, 3.05) is 44.9 Å². The van der Waals surface area contributed by atoms with Crippen LogP contribution in [-0.4, -0.2) is 64.4 Å². The second-order valence-corrected chi connectivity index (χ2v) is 10.9. The van der Waals surface area contributed by atoms with Gasteiger partial charge in [0.25, 0.3) is 0 Å². The van der Waals surface area contributed by atoms with Crippen molar-refractivity contribution in [1.29, 1.82) is 0 Å². The number of carbonyl (C=O) groups excluding carboxylic acids is 2. The summed E-state index contributed by atoms with van der Waals surface area (Å²) in [6, 6.07) is 10.8. The van der Waals surface area contributed by atoms with Crippen LogP contribution in [0.4, 0.5) is 10.1 Å². The zero-order chi connectivity index (χ0) is 25.4. The number of esters is 1. The maximum atomic E-state index is 14.4. The van der Waals surface area contributed by atoms with E-state index in [1.54, 1.807) is 0 Å². The van der Waals surface area contributed by atoms with Gasteiger partial charge in [0.15, 0.2) is 12.4 Å². The standard InChI is InChI=1S/C25H27FN2O6S/c1-25(2)20-6-4-5-7-22(20)27(3)23(25)14-17(29)16-34-24(30)19-15-18(8-9-21(19)26)35(31,32)28-10-12-33-13-11-28/h4-9,14-15H,10-13,16H2,1-3H3. The van der Waals surface area contributed by atoms with Crippen molar-refractivity contribution >= 4 is 27.5 Å². The van der Waals surface area contributed by atoms with Gasteiger partial charge in [-0.3, -0.25) is 4.79 Å². The van der Waals surface area contributed by atoms with Gasteiger partial charge in [0, 0.05) is 43.0 Å². The second kappa shape index (κ2) is 9.52. The Kier molecular flexibility index (Phi) is 6.81. The highest BCUT2D eigenvalue weighted by atomic mass is 32.2. The van der Waals surface area contributed by atoms with Gasteiger partial charge in [0.2, 0.25) is 10.0 Å². The number of hydrogen-bond acceptors (Lipinski definition) is 7. The van der Waals surface area contributed by atoms with E-state index in [0.29, 0.717) is 0 Å². The molecule has 2 aromatic rings. The van der Waals surface area contributed by atoms with Gasteiger partial charge in [-0.15, -0.1) is 0 Å². The van der Waals surface area contributed by atoms with Crippen molar-refractivity contribution in [2.45, 2.75) is 24.2 Å². The van der Waals surface area contributed by atoms with Crippen LogP contribution < -0.4 is 4.90 Å². The minimum Gasteiger partial charge on any atom is -0.454 e. The largest absolute Gasteiger partial charge is 0.454 e. The topological polar surface area (TPSA) is 93.2 Å². The van der Waals surface area contributed by atoms with Gasteiger partial charge < -0.3 is 14.4 Å². The molecule has 0 aromatic heterocycles. The normalized spacial score (nSPS) is 19.0. The first kappa shape index (κ1) is 25.0. The number of hydrogen-bond donors (Lipinski definition) is 0. The Morgan fingerprint density at radius 1 is 1.14 bits per heavy atom. The Bertz CT molecular complexity index is 1300. The zero-order valence-corrected chi connectivity index (χ0v) is 20.6. The number of rotatable bonds is 6. The summed E-state index contributed by atoms with van der Waals surface area (Å²) < 4.78 is 51.5. The first-order valence-corrected chi connectivity index (χ1v) is 12.6. The lowest BCUT2D eigenvalue weighted by atomic mass is 9.83. The van der Waals surface area contributed by atoms with E-state index in [1.807, 2.05) is 50.1 Å². The molecule has 2 aromatic carbocycles. The van der Waals surface area contributed by atoms with Gasteiger partial charge in [-0.1, -0.05) is 32.0 Å². The third-order valence-electron chi connectivity index (χ3n) is 6.35. The maximum absolute atomic E-state index is 14.4. The fourth-order valence-corrected chi connectivity index (χ4v) is 5.86. The van der Waals surface area contributed by atoms with Crippen LogP contribution in [0.3, 0.4) is 0 Å². The lowest BCUT2D eigenvalue weighted by Gasteiger charge is -2.26. The Morgan fingerprint density at radius 2 is 1.83 bits per heavy atom. The number of ketones is 1. The number of para-hydroxylation sites is 1. The molecule has 0 N–H and O–H groups in total. The summed E-state index contributed by atoms with van der Waals surface area (Å²) in [6.45, 7) is 4.22. The van der Waals surface area contributed by atoms with E-state index in [1.165, 1.54) is 10.4 Å². The van der Waals surface area contributed by atoms with E-state index in [2.05, 4.69) is 0 Å². The highest BCUT2D eigenvalue weighted by molar-refractivity contribution is 7.89. The van der Waals surface area contributed by atoms with Crippen molar-refractivity contribution in [1.82, 2.24) is 4.31 Å². The molecule has 8 nitrogen and oxygen atoms in total. The first-order chi connectivity index (χ1) is 16.5.